The number of aromatic amines is 1. The van der Waals surface area contributed by atoms with Crippen LogP contribution in [0.2, 0.25) is 0 Å². The molecule has 5 nitrogen and oxygen atoms in total. The van der Waals surface area contributed by atoms with Crippen LogP contribution < -0.4 is 5.32 Å². The fraction of sp³-hybridized carbons (Fsp3) is 0.273. The summed E-state index contributed by atoms with van der Waals surface area (Å²) in [5, 5.41) is 13.7. The summed E-state index contributed by atoms with van der Waals surface area (Å²) in [6.07, 6.45) is 4.35. The van der Waals surface area contributed by atoms with E-state index in [0.29, 0.717) is 12.1 Å². The summed E-state index contributed by atoms with van der Waals surface area (Å²) in [7, 11) is 0. The van der Waals surface area contributed by atoms with Gasteiger partial charge in [0, 0.05) is 41.7 Å². The number of imidazole rings is 1. The molecule has 2 aromatic rings. The van der Waals surface area contributed by atoms with E-state index in [1.807, 2.05) is 0 Å². The highest BCUT2D eigenvalue weighted by Gasteiger charge is 2.05. The zero-order valence-corrected chi connectivity index (χ0v) is 9.96. The Hall–Kier alpha value is -1.66. The van der Waals surface area contributed by atoms with Crippen LogP contribution >= 0.6 is 11.3 Å². The maximum absolute atomic E-state index is 10.7. The number of carboxylic acid groups (broad SMARTS) is 1. The van der Waals surface area contributed by atoms with Gasteiger partial charge in [-0.25, -0.2) is 9.78 Å². The molecule has 0 aliphatic heterocycles. The summed E-state index contributed by atoms with van der Waals surface area (Å²) < 4.78 is 0. The van der Waals surface area contributed by atoms with Crippen LogP contribution in [0, 0.1) is 0 Å². The van der Waals surface area contributed by atoms with Crippen molar-refractivity contribution >= 4 is 17.3 Å². The molecule has 2 rings (SSSR count). The standard InChI is InChI=1S/C11H13N3O2S/c15-11(16)8-3-10(17-6-8)5-12-2-1-9-4-13-7-14-9/h3-4,6-7,12H,1-2,5H2,(H,13,14)(H,15,16). The van der Waals surface area contributed by atoms with Gasteiger partial charge in [0.2, 0.25) is 0 Å². The number of H-pyrrole nitrogens is 1. The molecule has 0 unspecified atom stereocenters. The Balaban J connectivity index is 1.72. The van der Waals surface area contributed by atoms with E-state index >= 15 is 0 Å². The molecule has 0 aliphatic carbocycles. The maximum Gasteiger partial charge on any atom is 0.336 e. The van der Waals surface area contributed by atoms with Crippen LogP contribution in [0.5, 0.6) is 0 Å². The van der Waals surface area contributed by atoms with Crippen LogP contribution in [0.25, 0.3) is 0 Å². The fourth-order valence-electron chi connectivity index (χ4n) is 1.44. The van der Waals surface area contributed by atoms with E-state index in [9.17, 15) is 4.79 Å². The van der Waals surface area contributed by atoms with Gasteiger partial charge in [-0.05, 0) is 6.07 Å². The van der Waals surface area contributed by atoms with Gasteiger partial charge in [-0.1, -0.05) is 0 Å². The van der Waals surface area contributed by atoms with Crippen LogP contribution in [0.4, 0.5) is 0 Å². The van der Waals surface area contributed by atoms with E-state index in [1.54, 1.807) is 24.0 Å². The molecule has 3 N–H and O–H groups in total. The molecule has 0 spiro atoms. The van der Waals surface area contributed by atoms with Crippen molar-refractivity contribution in [2.24, 2.45) is 0 Å². The Labute approximate surface area is 103 Å². The molecule has 0 aliphatic rings. The van der Waals surface area contributed by atoms with Crippen molar-refractivity contribution in [2.75, 3.05) is 6.54 Å². The quantitative estimate of drug-likeness (QED) is 0.680. The predicted molar refractivity (Wildman–Crippen MR) is 65.3 cm³/mol. The first kappa shape index (κ1) is 11.8. The van der Waals surface area contributed by atoms with E-state index in [4.69, 9.17) is 5.11 Å². The fourth-order valence-corrected chi connectivity index (χ4v) is 2.27. The zero-order chi connectivity index (χ0) is 12.1. The van der Waals surface area contributed by atoms with Gasteiger partial charge in [0.15, 0.2) is 0 Å². The van der Waals surface area contributed by atoms with Gasteiger partial charge in [0.25, 0.3) is 0 Å². The Morgan fingerprint density at radius 2 is 2.47 bits per heavy atom. The number of nitrogens with zero attached hydrogens (tertiary/aromatic N) is 1. The van der Waals surface area contributed by atoms with Gasteiger partial charge >= 0.3 is 5.97 Å². The summed E-state index contributed by atoms with van der Waals surface area (Å²) in [5.41, 5.74) is 1.45. The van der Waals surface area contributed by atoms with Crippen molar-refractivity contribution in [3.63, 3.8) is 0 Å². The number of hydrogen-bond donors (Lipinski definition) is 3. The Morgan fingerprint density at radius 1 is 1.59 bits per heavy atom. The van der Waals surface area contributed by atoms with Crippen LogP contribution in [-0.4, -0.2) is 27.6 Å². The maximum atomic E-state index is 10.7. The Bertz CT molecular complexity index is 479. The lowest BCUT2D eigenvalue weighted by Gasteiger charge is -2.00. The monoisotopic (exact) mass is 251 g/mol. The van der Waals surface area contributed by atoms with Gasteiger partial charge in [0.05, 0.1) is 11.9 Å². The molecule has 0 aromatic carbocycles. The highest BCUT2D eigenvalue weighted by atomic mass is 32.1. The molecule has 0 amide bonds. The van der Waals surface area contributed by atoms with Crippen molar-refractivity contribution in [1.29, 1.82) is 0 Å². The second-order valence-corrected chi connectivity index (χ2v) is 4.61. The molecule has 90 valence electrons. The number of carbonyl (C=O) groups is 1. The van der Waals surface area contributed by atoms with Crippen molar-refractivity contribution in [3.8, 4) is 0 Å². The number of aromatic nitrogens is 2. The zero-order valence-electron chi connectivity index (χ0n) is 9.14. The molecular weight excluding hydrogens is 238 g/mol. The minimum Gasteiger partial charge on any atom is -0.478 e. The number of nitrogens with one attached hydrogen (secondary N) is 2. The normalized spacial score (nSPS) is 10.6. The number of carboxylic acids is 1. The largest absolute Gasteiger partial charge is 0.478 e. The van der Waals surface area contributed by atoms with Crippen molar-refractivity contribution < 1.29 is 9.90 Å². The third-order valence-electron chi connectivity index (χ3n) is 2.33. The third kappa shape index (κ3) is 3.40. The van der Waals surface area contributed by atoms with Gasteiger partial charge in [-0.3, -0.25) is 0 Å². The molecule has 0 saturated heterocycles. The minimum absolute atomic E-state index is 0.361. The van der Waals surface area contributed by atoms with Crippen molar-refractivity contribution in [2.45, 2.75) is 13.0 Å². The lowest BCUT2D eigenvalue weighted by atomic mass is 10.3. The van der Waals surface area contributed by atoms with Crippen LogP contribution in [0.15, 0.2) is 24.0 Å². The van der Waals surface area contributed by atoms with Crippen molar-refractivity contribution in [3.05, 3.63) is 40.1 Å². The number of rotatable bonds is 6. The highest BCUT2D eigenvalue weighted by molar-refractivity contribution is 7.10. The second kappa shape index (κ2) is 5.60. The third-order valence-corrected chi connectivity index (χ3v) is 3.26. The SMILES string of the molecule is O=C(O)c1csc(CNCCc2cnc[nH]2)c1. The smallest absolute Gasteiger partial charge is 0.336 e. The van der Waals surface area contributed by atoms with Crippen molar-refractivity contribution in [1.82, 2.24) is 15.3 Å². The molecule has 2 aromatic heterocycles. The second-order valence-electron chi connectivity index (χ2n) is 3.61. The molecule has 0 fully saturated rings. The van der Waals surface area contributed by atoms with Crippen LogP contribution in [0.1, 0.15) is 20.9 Å². The average Bonchev–Trinajstić information content (AvgIpc) is 2.96. The van der Waals surface area contributed by atoms with E-state index in [-0.39, 0.29) is 0 Å². The van der Waals surface area contributed by atoms with E-state index in [2.05, 4.69) is 15.3 Å². The molecular formula is C11H13N3O2S. The highest BCUT2D eigenvalue weighted by Crippen LogP contribution is 2.14. The summed E-state index contributed by atoms with van der Waals surface area (Å²) >= 11 is 1.46. The summed E-state index contributed by atoms with van der Waals surface area (Å²) in [4.78, 5) is 18.7. The molecule has 0 bridgehead atoms. The number of aromatic carboxylic acids is 1. The molecule has 17 heavy (non-hydrogen) atoms. The lowest BCUT2D eigenvalue weighted by Crippen LogP contribution is -2.16. The molecule has 0 saturated carbocycles. The molecule has 0 atom stereocenters. The summed E-state index contributed by atoms with van der Waals surface area (Å²) in [6.45, 7) is 1.54. The van der Waals surface area contributed by atoms with Gasteiger partial charge < -0.3 is 15.4 Å². The number of thiophene rings is 1. The Morgan fingerprint density at radius 3 is 3.12 bits per heavy atom. The topological polar surface area (TPSA) is 78.0 Å². The Kier molecular flexibility index (Phi) is 3.89. The van der Waals surface area contributed by atoms with Gasteiger partial charge in [-0.2, -0.15) is 0 Å². The predicted octanol–water partition coefficient (Wildman–Crippen LogP) is 1.50. The first-order valence-corrected chi connectivity index (χ1v) is 6.12. The van der Waals surface area contributed by atoms with Gasteiger partial charge in [-0.15, -0.1) is 11.3 Å². The van der Waals surface area contributed by atoms with Crippen LogP contribution in [-0.2, 0) is 13.0 Å². The molecule has 0 radical (unpaired) electrons. The average molecular weight is 251 g/mol. The summed E-state index contributed by atoms with van der Waals surface area (Å²) in [5.74, 6) is -0.870. The van der Waals surface area contributed by atoms with E-state index < -0.39 is 5.97 Å². The lowest BCUT2D eigenvalue weighted by molar-refractivity contribution is 0.0697. The molecule has 6 heteroatoms. The van der Waals surface area contributed by atoms with Crippen LogP contribution in [0.3, 0.4) is 0 Å². The first-order valence-electron chi connectivity index (χ1n) is 5.24. The van der Waals surface area contributed by atoms with E-state index in [1.165, 1.54) is 11.3 Å². The molecule has 2 heterocycles. The first-order chi connectivity index (χ1) is 8.25. The van der Waals surface area contributed by atoms with Gasteiger partial charge in [0.1, 0.15) is 0 Å². The van der Waals surface area contributed by atoms with E-state index in [0.717, 1.165) is 23.5 Å². The summed E-state index contributed by atoms with van der Waals surface area (Å²) in [6, 6.07) is 1.70. The minimum atomic E-state index is -0.870. The number of hydrogen-bond acceptors (Lipinski definition) is 4.